The molecule has 3 aromatic rings. The molecule has 0 aliphatic heterocycles. The second-order valence-corrected chi connectivity index (χ2v) is 5.30. The highest BCUT2D eigenvalue weighted by atomic mass is 35.5. The van der Waals surface area contributed by atoms with E-state index in [0.29, 0.717) is 6.07 Å². The van der Waals surface area contributed by atoms with Crippen LogP contribution in [-0.4, -0.2) is 4.98 Å². The van der Waals surface area contributed by atoms with Gasteiger partial charge in [-0.25, -0.2) is 4.98 Å². The maximum atomic E-state index is 12.8. The Morgan fingerprint density at radius 3 is 2.04 bits per heavy atom. The lowest BCUT2D eigenvalue weighted by molar-refractivity contribution is -0.138. The summed E-state index contributed by atoms with van der Waals surface area (Å²) in [5.41, 5.74) is -1.83. The van der Waals surface area contributed by atoms with Crippen molar-refractivity contribution in [3.8, 4) is 11.5 Å². The lowest BCUT2D eigenvalue weighted by Gasteiger charge is -2.07. The summed E-state index contributed by atoms with van der Waals surface area (Å²) in [5.74, 6) is -0.103. The molecule has 0 aliphatic rings. The molecule has 0 spiro atoms. The van der Waals surface area contributed by atoms with Crippen LogP contribution in [0.5, 0.6) is 0 Å². The highest BCUT2D eigenvalue weighted by Crippen LogP contribution is 2.38. The van der Waals surface area contributed by atoms with E-state index < -0.39 is 28.5 Å². The summed E-state index contributed by atoms with van der Waals surface area (Å²) in [6.07, 6.45) is -9.15. The summed E-state index contributed by atoms with van der Waals surface area (Å²) in [6.45, 7) is 0. The normalized spacial score (nSPS) is 12.8. The smallest absolute Gasteiger partial charge is 0.417 e. The van der Waals surface area contributed by atoms with Crippen LogP contribution in [0.3, 0.4) is 0 Å². The molecule has 9 heteroatoms. The lowest BCUT2D eigenvalue weighted by atomic mass is 10.1. The first kappa shape index (κ1) is 16.6. The minimum atomic E-state index is -4.66. The second kappa shape index (κ2) is 5.41. The van der Waals surface area contributed by atoms with Gasteiger partial charge in [-0.3, -0.25) is 0 Å². The SMILES string of the molecule is FC(F)(F)c1ccc(-c2nc3cc(Cl)c(C(F)(F)F)cc3o2)cc1. The standard InChI is InChI=1S/C15H6ClF6NO/c16-10-6-11-12(5-9(10)15(20,21)22)24-13(23-11)7-1-3-8(4-2-7)14(17,18)19/h1-6H. The molecule has 126 valence electrons. The van der Waals surface area contributed by atoms with E-state index in [-0.39, 0.29) is 22.6 Å². The van der Waals surface area contributed by atoms with Crippen LogP contribution in [0.25, 0.3) is 22.6 Å². The summed E-state index contributed by atoms with van der Waals surface area (Å²) in [7, 11) is 0. The predicted molar refractivity (Wildman–Crippen MR) is 74.5 cm³/mol. The van der Waals surface area contributed by atoms with E-state index in [1.807, 2.05) is 0 Å². The molecule has 2 aromatic carbocycles. The molecule has 0 amide bonds. The molecule has 0 unspecified atom stereocenters. The Labute approximate surface area is 135 Å². The van der Waals surface area contributed by atoms with Gasteiger partial charge in [-0.05, 0) is 36.4 Å². The zero-order chi connectivity index (χ0) is 17.7. The van der Waals surface area contributed by atoms with E-state index in [1.54, 1.807) is 0 Å². The van der Waals surface area contributed by atoms with Crippen LogP contribution in [0.15, 0.2) is 40.8 Å². The van der Waals surface area contributed by atoms with E-state index in [4.69, 9.17) is 16.0 Å². The van der Waals surface area contributed by atoms with Crippen LogP contribution < -0.4 is 0 Å². The summed E-state index contributed by atoms with van der Waals surface area (Å²) in [5, 5.41) is -0.540. The molecule has 0 fully saturated rings. The maximum Gasteiger partial charge on any atom is 0.417 e. The van der Waals surface area contributed by atoms with E-state index in [2.05, 4.69) is 4.98 Å². The van der Waals surface area contributed by atoms with Crippen molar-refractivity contribution in [2.75, 3.05) is 0 Å². The molecule has 0 N–H and O–H groups in total. The van der Waals surface area contributed by atoms with Crippen molar-refractivity contribution in [2.45, 2.75) is 12.4 Å². The van der Waals surface area contributed by atoms with Gasteiger partial charge in [0.1, 0.15) is 5.52 Å². The summed E-state index contributed by atoms with van der Waals surface area (Å²) in [6, 6.07) is 5.62. The van der Waals surface area contributed by atoms with Crippen LogP contribution in [0.4, 0.5) is 26.3 Å². The van der Waals surface area contributed by atoms with Gasteiger partial charge in [0.25, 0.3) is 0 Å². The Morgan fingerprint density at radius 1 is 0.875 bits per heavy atom. The van der Waals surface area contributed by atoms with Gasteiger partial charge in [0.15, 0.2) is 5.58 Å². The number of halogens is 7. The van der Waals surface area contributed by atoms with Gasteiger partial charge in [-0.2, -0.15) is 26.3 Å². The molecule has 0 bridgehead atoms. The molecule has 24 heavy (non-hydrogen) atoms. The largest absolute Gasteiger partial charge is 0.436 e. The Bertz CT molecular complexity index is 895. The zero-order valence-corrected chi connectivity index (χ0v) is 12.2. The average Bonchev–Trinajstić information content (AvgIpc) is 2.87. The molecule has 1 heterocycles. The first-order chi connectivity index (χ1) is 11.1. The average molecular weight is 366 g/mol. The van der Waals surface area contributed by atoms with Crippen molar-refractivity contribution in [1.82, 2.24) is 4.98 Å². The van der Waals surface area contributed by atoms with Gasteiger partial charge in [-0.1, -0.05) is 11.6 Å². The van der Waals surface area contributed by atoms with Gasteiger partial charge in [-0.15, -0.1) is 0 Å². The number of benzene rings is 2. The molecule has 0 aliphatic carbocycles. The minimum Gasteiger partial charge on any atom is -0.436 e. The summed E-state index contributed by atoms with van der Waals surface area (Å²) >= 11 is 5.59. The molecule has 1 aromatic heterocycles. The third kappa shape index (κ3) is 3.06. The number of fused-ring (bicyclic) bond motifs is 1. The Morgan fingerprint density at radius 2 is 1.50 bits per heavy atom. The second-order valence-electron chi connectivity index (χ2n) is 4.89. The van der Waals surface area contributed by atoms with Crippen molar-refractivity contribution < 1.29 is 30.8 Å². The van der Waals surface area contributed by atoms with Crippen LogP contribution in [-0.2, 0) is 12.4 Å². The summed E-state index contributed by atoms with van der Waals surface area (Å²) in [4.78, 5) is 3.96. The fourth-order valence-electron chi connectivity index (χ4n) is 2.09. The van der Waals surface area contributed by atoms with E-state index in [9.17, 15) is 26.3 Å². The fourth-order valence-corrected chi connectivity index (χ4v) is 2.36. The molecule has 0 radical (unpaired) electrons. The third-order valence-electron chi connectivity index (χ3n) is 3.24. The van der Waals surface area contributed by atoms with Crippen molar-refractivity contribution in [3.05, 3.63) is 52.5 Å². The highest BCUT2D eigenvalue weighted by Gasteiger charge is 2.34. The van der Waals surface area contributed by atoms with E-state index >= 15 is 0 Å². The Balaban J connectivity index is 2.05. The number of alkyl halides is 6. The minimum absolute atomic E-state index is 0.0721. The fraction of sp³-hybridized carbons (Fsp3) is 0.133. The molecular formula is C15H6ClF6NO. The van der Waals surface area contributed by atoms with Crippen LogP contribution in [0.2, 0.25) is 5.02 Å². The number of aromatic nitrogens is 1. The van der Waals surface area contributed by atoms with Gasteiger partial charge in [0, 0.05) is 5.56 Å². The van der Waals surface area contributed by atoms with Gasteiger partial charge >= 0.3 is 12.4 Å². The topological polar surface area (TPSA) is 26.0 Å². The van der Waals surface area contributed by atoms with Gasteiger partial charge in [0.2, 0.25) is 5.89 Å². The number of rotatable bonds is 1. The third-order valence-corrected chi connectivity index (χ3v) is 3.55. The molecular weight excluding hydrogens is 360 g/mol. The van der Waals surface area contributed by atoms with Crippen LogP contribution in [0.1, 0.15) is 11.1 Å². The van der Waals surface area contributed by atoms with Crippen LogP contribution >= 0.6 is 11.6 Å². The molecule has 2 nitrogen and oxygen atoms in total. The monoisotopic (exact) mass is 365 g/mol. The molecule has 0 atom stereocenters. The number of nitrogens with zero attached hydrogens (tertiary/aromatic N) is 1. The highest BCUT2D eigenvalue weighted by molar-refractivity contribution is 6.32. The summed E-state index contributed by atoms with van der Waals surface area (Å²) < 4.78 is 81.2. The molecule has 0 saturated carbocycles. The first-order valence-electron chi connectivity index (χ1n) is 6.40. The Kier molecular flexibility index (Phi) is 3.75. The Hall–Kier alpha value is -2.22. The lowest BCUT2D eigenvalue weighted by Crippen LogP contribution is -2.05. The van der Waals surface area contributed by atoms with Crippen LogP contribution in [0, 0.1) is 0 Å². The van der Waals surface area contributed by atoms with E-state index in [0.717, 1.165) is 30.3 Å². The van der Waals surface area contributed by atoms with E-state index in [1.165, 1.54) is 0 Å². The van der Waals surface area contributed by atoms with Crippen molar-refractivity contribution in [3.63, 3.8) is 0 Å². The number of hydrogen-bond donors (Lipinski definition) is 0. The van der Waals surface area contributed by atoms with Crippen molar-refractivity contribution in [2.24, 2.45) is 0 Å². The van der Waals surface area contributed by atoms with Gasteiger partial charge < -0.3 is 4.42 Å². The maximum absolute atomic E-state index is 12.8. The number of hydrogen-bond acceptors (Lipinski definition) is 2. The zero-order valence-electron chi connectivity index (χ0n) is 11.5. The quantitative estimate of drug-likeness (QED) is 0.481. The van der Waals surface area contributed by atoms with Gasteiger partial charge in [0.05, 0.1) is 16.1 Å². The van der Waals surface area contributed by atoms with Crippen molar-refractivity contribution >= 4 is 22.7 Å². The molecule has 3 rings (SSSR count). The predicted octanol–water partition coefficient (Wildman–Crippen LogP) is 6.19. The number of oxazole rings is 1. The molecule has 0 saturated heterocycles. The first-order valence-corrected chi connectivity index (χ1v) is 6.78. The van der Waals surface area contributed by atoms with Crippen molar-refractivity contribution in [1.29, 1.82) is 0 Å².